The number of benzene rings is 5. The van der Waals surface area contributed by atoms with E-state index in [1.165, 1.54) is 30.3 Å². The van der Waals surface area contributed by atoms with Gasteiger partial charge in [0.2, 0.25) is 0 Å². The van der Waals surface area contributed by atoms with Crippen molar-refractivity contribution in [1.29, 1.82) is 0 Å². The smallest absolute Gasteiger partial charge is 0.296 e. The van der Waals surface area contributed by atoms with E-state index >= 15 is 0 Å². The van der Waals surface area contributed by atoms with Crippen molar-refractivity contribution in [2.45, 2.75) is 9.79 Å². The maximum atomic E-state index is 12.2. The molecule has 226 valence electrons. The van der Waals surface area contributed by atoms with Crippen LogP contribution in [0, 0.1) is 0 Å². The van der Waals surface area contributed by atoms with Crippen LogP contribution in [-0.4, -0.2) is 36.2 Å². The number of hydrogen-bond donors (Lipinski definition) is 5. The van der Waals surface area contributed by atoms with Crippen molar-refractivity contribution in [3.63, 3.8) is 0 Å². The number of nitrogens with one attached hydrogen (secondary N) is 1. The minimum Gasteiger partial charge on any atom is -0.506 e. The molecule has 0 bridgehead atoms. The summed E-state index contributed by atoms with van der Waals surface area (Å²) in [7, 11) is -9.29. The van der Waals surface area contributed by atoms with Gasteiger partial charge >= 0.3 is 0 Å². The Morgan fingerprint density at radius 2 is 1.32 bits per heavy atom. The Morgan fingerprint density at radius 1 is 0.614 bits per heavy atom. The summed E-state index contributed by atoms with van der Waals surface area (Å²) in [4.78, 5) is -1.07. The van der Waals surface area contributed by atoms with Gasteiger partial charge in [0, 0.05) is 39.9 Å². The molecule has 13 nitrogen and oxygen atoms in total. The van der Waals surface area contributed by atoms with Crippen molar-refractivity contribution in [3.05, 3.63) is 97.1 Å². The first kappa shape index (κ1) is 32.2. The fourth-order valence-electron chi connectivity index (χ4n) is 3.99. The van der Waals surface area contributed by atoms with Gasteiger partial charge in [0.25, 0.3) is 20.2 Å². The van der Waals surface area contributed by atoms with Crippen LogP contribution in [0.1, 0.15) is 0 Å². The SMILES string of the molecule is O=S(=O)(O)c1cccc(N=Nc2ccc(N=Nc3c(S(=O)(=O)O)cc4cc(Nc5ccccc5)ccc4c3O)c(O)c2)c1.[Fe]. The second-order valence-electron chi connectivity index (χ2n) is 9.02. The van der Waals surface area contributed by atoms with Crippen LogP contribution in [0.3, 0.4) is 0 Å². The van der Waals surface area contributed by atoms with E-state index in [1.54, 1.807) is 18.2 Å². The van der Waals surface area contributed by atoms with E-state index < -0.39 is 42.3 Å². The maximum absolute atomic E-state index is 12.2. The summed E-state index contributed by atoms with van der Waals surface area (Å²) < 4.78 is 66.1. The van der Waals surface area contributed by atoms with E-state index in [9.17, 15) is 36.2 Å². The molecule has 0 radical (unpaired) electrons. The Kier molecular flexibility index (Phi) is 9.44. The molecular weight excluding hydrogens is 654 g/mol. The molecule has 5 N–H and O–H groups in total. The Hall–Kier alpha value is -4.70. The van der Waals surface area contributed by atoms with Gasteiger partial charge < -0.3 is 15.5 Å². The molecule has 16 heteroatoms. The Bertz CT molecular complexity index is 2140. The van der Waals surface area contributed by atoms with Crippen LogP contribution in [0.2, 0.25) is 0 Å². The molecule has 0 saturated heterocycles. The van der Waals surface area contributed by atoms with Crippen molar-refractivity contribution in [3.8, 4) is 11.5 Å². The Balaban J connectivity index is 0.00000442. The van der Waals surface area contributed by atoms with Crippen LogP contribution >= 0.6 is 0 Å². The Morgan fingerprint density at radius 3 is 1.98 bits per heavy atom. The molecule has 0 spiro atoms. The summed E-state index contributed by atoms with van der Waals surface area (Å²) in [5.41, 5.74) is 0.968. The van der Waals surface area contributed by atoms with Gasteiger partial charge in [-0.25, -0.2) is 0 Å². The van der Waals surface area contributed by atoms with Gasteiger partial charge in [-0.1, -0.05) is 24.3 Å². The fourth-order valence-corrected chi connectivity index (χ4v) is 5.17. The minimum absolute atomic E-state index is 0. The molecule has 5 aromatic rings. The number of aromatic hydroxyl groups is 2. The third-order valence-corrected chi connectivity index (χ3v) is 7.72. The number of hydrogen-bond acceptors (Lipinski definition) is 11. The average Bonchev–Trinajstić information content (AvgIpc) is 2.96. The van der Waals surface area contributed by atoms with Crippen molar-refractivity contribution in [2.75, 3.05) is 5.32 Å². The summed E-state index contributed by atoms with van der Waals surface area (Å²) in [5, 5.41) is 40.5. The van der Waals surface area contributed by atoms with Crippen LogP contribution in [0.15, 0.2) is 127 Å². The van der Waals surface area contributed by atoms with E-state index in [0.29, 0.717) is 11.1 Å². The van der Waals surface area contributed by atoms with Gasteiger partial charge in [0.05, 0.1) is 16.3 Å². The zero-order valence-corrected chi connectivity index (χ0v) is 24.9. The molecule has 0 aliphatic heterocycles. The molecule has 5 aromatic carbocycles. The summed E-state index contributed by atoms with van der Waals surface area (Å²) >= 11 is 0. The van der Waals surface area contributed by atoms with Gasteiger partial charge in [0.15, 0.2) is 5.75 Å². The van der Waals surface area contributed by atoms with Crippen LogP contribution in [0.4, 0.5) is 34.1 Å². The predicted molar refractivity (Wildman–Crippen MR) is 158 cm³/mol. The summed E-state index contributed by atoms with van der Waals surface area (Å²) in [6, 6.07) is 24.1. The predicted octanol–water partition coefficient (Wildman–Crippen LogP) is 7.32. The van der Waals surface area contributed by atoms with Crippen LogP contribution < -0.4 is 5.32 Å². The number of phenols is 2. The fraction of sp³-hybridized carbons (Fsp3) is 0. The third kappa shape index (κ3) is 7.44. The van der Waals surface area contributed by atoms with Gasteiger partial charge in [0.1, 0.15) is 22.0 Å². The van der Waals surface area contributed by atoms with Gasteiger partial charge in [-0.2, -0.15) is 27.1 Å². The molecule has 0 aromatic heterocycles. The number of fused-ring (bicyclic) bond motifs is 1. The van der Waals surface area contributed by atoms with Crippen LogP contribution in [-0.2, 0) is 37.3 Å². The third-order valence-electron chi connectivity index (χ3n) is 6.00. The van der Waals surface area contributed by atoms with Gasteiger partial charge in [-0.15, -0.1) is 10.2 Å². The van der Waals surface area contributed by atoms with Crippen molar-refractivity contribution in [1.82, 2.24) is 0 Å². The molecular formula is C28H21FeN5O8S2. The average molecular weight is 675 g/mol. The van der Waals surface area contributed by atoms with E-state index in [0.717, 1.165) is 23.9 Å². The second kappa shape index (κ2) is 12.9. The second-order valence-corrected chi connectivity index (χ2v) is 11.8. The molecule has 44 heavy (non-hydrogen) atoms. The van der Waals surface area contributed by atoms with Crippen LogP contribution in [0.5, 0.6) is 11.5 Å². The van der Waals surface area contributed by atoms with E-state index in [-0.39, 0.29) is 44.4 Å². The number of phenolic OH excluding ortho intramolecular Hbond substituents is 2. The first-order chi connectivity index (χ1) is 20.4. The molecule has 0 atom stereocenters. The molecule has 0 heterocycles. The number of nitrogens with zero attached hydrogens (tertiary/aromatic N) is 4. The van der Waals surface area contributed by atoms with Gasteiger partial charge in [-0.3, -0.25) is 9.11 Å². The molecule has 0 unspecified atom stereocenters. The molecule has 0 amide bonds. The van der Waals surface area contributed by atoms with Crippen molar-refractivity contribution < 1.29 is 53.2 Å². The first-order valence-corrected chi connectivity index (χ1v) is 15.1. The molecule has 0 aliphatic rings. The van der Waals surface area contributed by atoms with E-state index in [4.69, 9.17) is 0 Å². The maximum Gasteiger partial charge on any atom is 0.296 e. The number of para-hydroxylation sites is 1. The number of anilines is 2. The monoisotopic (exact) mass is 675 g/mol. The van der Waals surface area contributed by atoms with Crippen molar-refractivity contribution >= 4 is 65.1 Å². The topological polar surface area (TPSA) is 211 Å². The zero-order chi connectivity index (χ0) is 30.8. The normalized spacial score (nSPS) is 12.0. The zero-order valence-electron chi connectivity index (χ0n) is 22.1. The standard InChI is InChI=1S/C28H21N5O8S2.Fe/c34-25-16-21(31-30-20-7-4-8-22(15-20)42(36,37)38)10-12-24(25)32-33-27-26(43(39,40)41)14-17-13-19(9-11-23(17)28(27)35)29-18-5-2-1-3-6-18;/h1-16,29,34-35H,(H,36,37,38)(H,39,40,41);. The van der Waals surface area contributed by atoms with Gasteiger partial charge in [-0.05, 0) is 72.1 Å². The molecule has 0 fully saturated rings. The number of rotatable bonds is 8. The molecule has 0 aliphatic carbocycles. The van der Waals surface area contributed by atoms with E-state index in [2.05, 4.69) is 25.8 Å². The van der Waals surface area contributed by atoms with Crippen LogP contribution in [0.25, 0.3) is 10.8 Å². The van der Waals surface area contributed by atoms with E-state index in [1.807, 2.05) is 30.3 Å². The summed E-state index contributed by atoms with van der Waals surface area (Å²) in [6.45, 7) is 0. The first-order valence-electron chi connectivity index (χ1n) is 12.2. The Labute approximate surface area is 261 Å². The minimum atomic E-state index is -4.86. The number of azo groups is 2. The molecule has 0 saturated carbocycles. The largest absolute Gasteiger partial charge is 0.506 e. The molecule has 5 rings (SSSR count). The quantitative estimate of drug-likeness (QED) is 0.0633. The summed E-state index contributed by atoms with van der Waals surface area (Å²) in [5.74, 6) is -0.991. The summed E-state index contributed by atoms with van der Waals surface area (Å²) in [6.07, 6.45) is 0. The van der Waals surface area contributed by atoms with Crippen molar-refractivity contribution in [2.24, 2.45) is 20.5 Å².